The minimum absolute atomic E-state index is 0. The van der Waals surface area contributed by atoms with Crippen LogP contribution in [0.25, 0.3) is 0 Å². The van der Waals surface area contributed by atoms with E-state index in [0.29, 0.717) is 24.1 Å². The van der Waals surface area contributed by atoms with Crippen LogP contribution in [0.15, 0.2) is 29.3 Å². The van der Waals surface area contributed by atoms with Gasteiger partial charge in [0.1, 0.15) is 5.82 Å². The third-order valence-corrected chi connectivity index (χ3v) is 5.22. The summed E-state index contributed by atoms with van der Waals surface area (Å²) in [6.45, 7) is 2.46. The van der Waals surface area contributed by atoms with E-state index in [-0.39, 0.29) is 30.5 Å². The van der Waals surface area contributed by atoms with Crippen LogP contribution in [0, 0.1) is 6.92 Å². The van der Waals surface area contributed by atoms with Crippen LogP contribution in [0.2, 0.25) is 0 Å². The molecule has 0 unspecified atom stereocenters. The molecule has 0 spiro atoms. The summed E-state index contributed by atoms with van der Waals surface area (Å²) >= 11 is 0. The van der Waals surface area contributed by atoms with E-state index in [1.54, 1.807) is 6.07 Å². The molecule has 1 heterocycles. The predicted octanol–water partition coefficient (Wildman–Crippen LogP) is 4.33. The van der Waals surface area contributed by atoms with Crippen molar-refractivity contribution in [3.8, 4) is 0 Å². The number of aryl methyl sites for hydroxylation is 1. The molecule has 0 radical (unpaired) electrons. The normalized spacial score (nSPS) is 15.6. The van der Waals surface area contributed by atoms with Crippen molar-refractivity contribution in [1.29, 1.82) is 0 Å². The lowest BCUT2D eigenvalue weighted by molar-refractivity contribution is -0.137. The van der Waals surface area contributed by atoms with E-state index >= 15 is 0 Å². The first kappa shape index (κ1) is 24.4. The van der Waals surface area contributed by atoms with Gasteiger partial charge in [0.25, 0.3) is 0 Å². The quantitative estimate of drug-likeness (QED) is 0.340. The number of nitrogens with zero attached hydrogens (tertiary/aromatic N) is 4. The lowest BCUT2D eigenvalue weighted by Crippen LogP contribution is -2.44. The van der Waals surface area contributed by atoms with E-state index < -0.39 is 11.7 Å². The second-order valence-corrected chi connectivity index (χ2v) is 7.42. The van der Waals surface area contributed by atoms with Gasteiger partial charge in [-0.2, -0.15) is 13.2 Å². The summed E-state index contributed by atoms with van der Waals surface area (Å²) in [4.78, 5) is 4.53. The molecular weight excluding hydrogens is 508 g/mol. The Bertz CT molecular complexity index is 843. The number of hydrogen-bond donors (Lipinski definition) is 2. The van der Waals surface area contributed by atoms with E-state index in [1.165, 1.54) is 25.3 Å². The van der Waals surface area contributed by atoms with Crippen LogP contribution >= 0.6 is 24.0 Å². The van der Waals surface area contributed by atoms with Gasteiger partial charge in [-0.05, 0) is 37.5 Å². The number of halogens is 4. The maximum atomic E-state index is 12.9. The summed E-state index contributed by atoms with van der Waals surface area (Å²) in [6, 6.07) is 5.61. The number of aliphatic imine (C=N–C) groups is 1. The summed E-state index contributed by atoms with van der Waals surface area (Å²) in [5.41, 5.74) is -0.145. The zero-order valence-corrected chi connectivity index (χ0v) is 19.5. The first-order valence-corrected chi connectivity index (χ1v) is 9.89. The molecule has 10 heteroatoms. The Labute approximate surface area is 191 Å². The van der Waals surface area contributed by atoms with Crippen molar-refractivity contribution < 1.29 is 13.2 Å². The lowest BCUT2D eigenvalue weighted by atomic mass is 9.96. The zero-order valence-electron chi connectivity index (χ0n) is 17.2. The average Bonchev–Trinajstić information content (AvgIpc) is 3.02. The molecule has 0 bridgehead atoms. The van der Waals surface area contributed by atoms with Crippen LogP contribution < -0.4 is 10.6 Å². The maximum absolute atomic E-state index is 12.9. The van der Waals surface area contributed by atoms with E-state index in [4.69, 9.17) is 0 Å². The van der Waals surface area contributed by atoms with Crippen molar-refractivity contribution in [3.63, 3.8) is 0 Å². The van der Waals surface area contributed by atoms with E-state index in [9.17, 15) is 13.2 Å². The smallest absolute Gasteiger partial charge is 0.354 e. The van der Waals surface area contributed by atoms with Crippen molar-refractivity contribution in [3.05, 3.63) is 47.0 Å². The van der Waals surface area contributed by atoms with Gasteiger partial charge in [-0.3, -0.25) is 0 Å². The average molecular weight is 536 g/mol. The van der Waals surface area contributed by atoms with Crippen LogP contribution in [-0.2, 0) is 26.3 Å². The maximum Gasteiger partial charge on any atom is 0.416 e. The fourth-order valence-corrected chi connectivity index (χ4v) is 3.38. The van der Waals surface area contributed by atoms with Gasteiger partial charge in [0, 0.05) is 13.1 Å². The van der Waals surface area contributed by atoms with Crippen molar-refractivity contribution in [1.82, 2.24) is 25.4 Å². The van der Waals surface area contributed by atoms with Gasteiger partial charge in [0.2, 0.25) is 0 Å². The molecule has 1 saturated carbocycles. The second kappa shape index (κ2) is 11.0. The first-order valence-electron chi connectivity index (χ1n) is 9.89. The number of rotatable bonds is 5. The van der Waals surface area contributed by atoms with Crippen molar-refractivity contribution >= 4 is 29.9 Å². The molecule has 0 amide bonds. The van der Waals surface area contributed by atoms with Crippen molar-refractivity contribution in [2.24, 2.45) is 12.0 Å². The van der Waals surface area contributed by atoms with Crippen molar-refractivity contribution in [2.45, 2.75) is 64.3 Å². The monoisotopic (exact) mass is 536 g/mol. The molecule has 1 aromatic heterocycles. The fraction of sp³-hybridized carbons (Fsp3) is 0.550. The van der Waals surface area contributed by atoms with Crippen LogP contribution in [0.5, 0.6) is 0 Å². The Morgan fingerprint density at radius 1 is 1.20 bits per heavy atom. The number of alkyl halides is 3. The molecule has 0 aliphatic heterocycles. The topological polar surface area (TPSA) is 67.1 Å². The largest absolute Gasteiger partial charge is 0.416 e. The van der Waals surface area contributed by atoms with E-state index in [1.807, 2.05) is 18.5 Å². The summed E-state index contributed by atoms with van der Waals surface area (Å²) in [5.74, 6) is 2.15. The lowest BCUT2D eigenvalue weighted by Gasteiger charge is -2.25. The molecule has 2 N–H and O–H groups in total. The molecule has 0 atom stereocenters. The first-order chi connectivity index (χ1) is 13.8. The molecule has 1 aromatic carbocycles. The molecular formula is C20H28F3IN6. The zero-order chi connectivity index (χ0) is 20.9. The summed E-state index contributed by atoms with van der Waals surface area (Å²) in [7, 11) is 1.89. The highest BCUT2D eigenvalue weighted by Crippen LogP contribution is 2.29. The van der Waals surface area contributed by atoms with Gasteiger partial charge in [0.05, 0.1) is 18.7 Å². The van der Waals surface area contributed by atoms with Crippen LogP contribution in [0.4, 0.5) is 13.2 Å². The van der Waals surface area contributed by atoms with Crippen molar-refractivity contribution in [2.75, 3.05) is 0 Å². The van der Waals surface area contributed by atoms with Gasteiger partial charge in [-0.25, -0.2) is 4.99 Å². The molecule has 3 rings (SSSR count). The molecule has 2 aromatic rings. The predicted molar refractivity (Wildman–Crippen MR) is 121 cm³/mol. The third-order valence-electron chi connectivity index (χ3n) is 5.22. The highest BCUT2D eigenvalue weighted by atomic mass is 127. The Hall–Kier alpha value is -1.85. The van der Waals surface area contributed by atoms with Gasteiger partial charge < -0.3 is 15.2 Å². The highest BCUT2D eigenvalue weighted by molar-refractivity contribution is 14.0. The minimum atomic E-state index is -4.36. The summed E-state index contributed by atoms with van der Waals surface area (Å²) < 4.78 is 40.7. The molecule has 6 nitrogen and oxygen atoms in total. The van der Waals surface area contributed by atoms with Gasteiger partial charge in [-0.1, -0.05) is 31.4 Å². The van der Waals surface area contributed by atoms with Gasteiger partial charge >= 0.3 is 6.18 Å². The van der Waals surface area contributed by atoms with E-state index in [0.717, 1.165) is 36.6 Å². The number of nitrogens with one attached hydrogen (secondary N) is 2. The number of guanidine groups is 1. The Balaban J connectivity index is 0.00000320. The van der Waals surface area contributed by atoms with Crippen LogP contribution in [0.1, 0.15) is 54.9 Å². The molecule has 1 fully saturated rings. The molecule has 1 aliphatic carbocycles. The third kappa shape index (κ3) is 6.85. The molecule has 1 aliphatic rings. The van der Waals surface area contributed by atoms with Crippen LogP contribution in [0.3, 0.4) is 0 Å². The van der Waals surface area contributed by atoms with Crippen LogP contribution in [-0.4, -0.2) is 26.8 Å². The standard InChI is InChI=1S/C20H27F3N6.HI/c1-14-27-28-18(29(14)2)13-25-19(26-17-9-4-3-5-10-17)24-12-15-7-6-8-16(11-15)20(21,22)23;/h6-8,11,17H,3-5,9-10,12-13H2,1-2H3,(H2,24,25,26);1H. The SMILES string of the molecule is Cc1nnc(CNC(=NCc2cccc(C(F)(F)F)c2)NC2CCCCC2)n1C.I. The molecule has 0 saturated heterocycles. The van der Waals surface area contributed by atoms with Gasteiger partial charge in [-0.15, -0.1) is 34.2 Å². The Morgan fingerprint density at radius 3 is 2.57 bits per heavy atom. The fourth-order valence-electron chi connectivity index (χ4n) is 3.38. The summed E-state index contributed by atoms with van der Waals surface area (Å²) in [5, 5.41) is 14.8. The number of aromatic nitrogens is 3. The number of hydrogen-bond acceptors (Lipinski definition) is 3. The number of benzene rings is 1. The van der Waals surface area contributed by atoms with Gasteiger partial charge in [0.15, 0.2) is 11.8 Å². The molecule has 30 heavy (non-hydrogen) atoms. The second-order valence-electron chi connectivity index (χ2n) is 7.42. The Morgan fingerprint density at radius 2 is 1.93 bits per heavy atom. The Kier molecular flexibility index (Phi) is 8.92. The minimum Gasteiger partial charge on any atom is -0.354 e. The highest BCUT2D eigenvalue weighted by Gasteiger charge is 2.30. The summed E-state index contributed by atoms with van der Waals surface area (Å²) in [6.07, 6.45) is 1.34. The molecule has 166 valence electrons. The van der Waals surface area contributed by atoms with E-state index in [2.05, 4.69) is 25.8 Å².